The summed E-state index contributed by atoms with van der Waals surface area (Å²) in [5, 5.41) is 0. The highest BCUT2D eigenvalue weighted by Crippen LogP contribution is 2.33. The van der Waals surface area contributed by atoms with Crippen LogP contribution in [-0.2, 0) is 17.6 Å². The lowest BCUT2D eigenvalue weighted by molar-refractivity contribution is -0.0215. The van der Waals surface area contributed by atoms with E-state index in [2.05, 4.69) is 48.2 Å². The number of piperidine rings is 1. The SMILES string of the molecule is CCO[C@@H]1Cc2cccc(F)c2C[C@H]1N1CCC(c2ccccc2)CC1. The van der Waals surface area contributed by atoms with Gasteiger partial charge in [-0.25, -0.2) is 4.39 Å². The van der Waals surface area contributed by atoms with Crippen LogP contribution < -0.4 is 0 Å². The number of benzene rings is 2. The molecule has 2 aromatic rings. The van der Waals surface area contributed by atoms with Gasteiger partial charge in [0.15, 0.2) is 0 Å². The highest BCUT2D eigenvalue weighted by molar-refractivity contribution is 5.33. The second kappa shape index (κ2) is 7.89. The number of nitrogens with zero attached hydrogens (tertiary/aromatic N) is 1. The van der Waals surface area contributed by atoms with Gasteiger partial charge in [-0.15, -0.1) is 0 Å². The van der Waals surface area contributed by atoms with Crippen LogP contribution in [0.5, 0.6) is 0 Å². The summed E-state index contributed by atoms with van der Waals surface area (Å²) in [7, 11) is 0. The molecule has 2 aliphatic rings. The Morgan fingerprint density at radius 2 is 1.77 bits per heavy atom. The number of rotatable bonds is 4. The molecule has 1 saturated heterocycles. The number of fused-ring (bicyclic) bond motifs is 1. The van der Waals surface area contributed by atoms with Crippen LogP contribution in [0.15, 0.2) is 48.5 Å². The molecule has 1 heterocycles. The van der Waals surface area contributed by atoms with Crippen LogP contribution in [0.3, 0.4) is 0 Å². The van der Waals surface area contributed by atoms with Gasteiger partial charge < -0.3 is 4.74 Å². The van der Waals surface area contributed by atoms with Crippen LogP contribution in [-0.4, -0.2) is 36.7 Å². The lowest BCUT2D eigenvalue weighted by Gasteiger charge is -2.43. The van der Waals surface area contributed by atoms with Crippen molar-refractivity contribution in [2.24, 2.45) is 0 Å². The average molecular weight is 353 g/mol. The van der Waals surface area contributed by atoms with E-state index in [1.165, 1.54) is 18.4 Å². The third-order valence-electron chi connectivity index (χ3n) is 6.13. The maximum atomic E-state index is 14.3. The monoisotopic (exact) mass is 353 g/mol. The second-order valence-electron chi connectivity index (χ2n) is 7.57. The van der Waals surface area contributed by atoms with Crippen molar-refractivity contribution in [3.63, 3.8) is 0 Å². The van der Waals surface area contributed by atoms with Crippen molar-refractivity contribution in [3.05, 3.63) is 71.0 Å². The second-order valence-corrected chi connectivity index (χ2v) is 7.57. The maximum Gasteiger partial charge on any atom is 0.126 e. The standard InChI is InChI=1S/C23H28FNO/c1-2-26-23-15-19-9-6-10-21(24)20(19)16-22(23)25-13-11-18(12-14-25)17-7-4-3-5-8-17/h3-10,18,22-23H,2,11-16H2,1H3/t22-,23-/m1/s1. The molecule has 0 N–H and O–H groups in total. The minimum atomic E-state index is -0.0541. The van der Waals surface area contributed by atoms with Gasteiger partial charge in [0.05, 0.1) is 6.10 Å². The van der Waals surface area contributed by atoms with Gasteiger partial charge in [-0.1, -0.05) is 42.5 Å². The van der Waals surface area contributed by atoms with Gasteiger partial charge >= 0.3 is 0 Å². The first-order chi connectivity index (χ1) is 12.8. The average Bonchev–Trinajstić information content (AvgIpc) is 2.69. The van der Waals surface area contributed by atoms with Crippen LogP contribution >= 0.6 is 0 Å². The Balaban J connectivity index is 1.48. The third-order valence-corrected chi connectivity index (χ3v) is 6.13. The highest BCUT2D eigenvalue weighted by atomic mass is 19.1. The number of likely N-dealkylation sites (tertiary alicyclic amines) is 1. The smallest absolute Gasteiger partial charge is 0.126 e. The summed E-state index contributed by atoms with van der Waals surface area (Å²) in [6.07, 6.45) is 4.10. The first-order valence-corrected chi connectivity index (χ1v) is 9.93. The fourth-order valence-electron chi connectivity index (χ4n) is 4.75. The van der Waals surface area contributed by atoms with E-state index in [0.29, 0.717) is 12.5 Å². The van der Waals surface area contributed by atoms with Crippen LogP contribution in [0.25, 0.3) is 0 Å². The summed E-state index contributed by atoms with van der Waals surface area (Å²) in [6.45, 7) is 4.90. The first kappa shape index (κ1) is 17.7. The van der Waals surface area contributed by atoms with Crippen molar-refractivity contribution in [2.75, 3.05) is 19.7 Å². The molecule has 3 heteroatoms. The van der Waals surface area contributed by atoms with E-state index in [1.807, 2.05) is 6.07 Å². The molecule has 0 amide bonds. The molecule has 2 aromatic carbocycles. The Kier molecular flexibility index (Phi) is 5.37. The minimum absolute atomic E-state index is 0.0541. The van der Waals surface area contributed by atoms with E-state index in [9.17, 15) is 4.39 Å². The Bertz CT molecular complexity index is 724. The Labute approximate surface area is 156 Å². The van der Waals surface area contributed by atoms with E-state index in [-0.39, 0.29) is 18.0 Å². The molecule has 0 unspecified atom stereocenters. The summed E-state index contributed by atoms with van der Waals surface area (Å²) in [4.78, 5) is 2.55. The largest absolute Gasteiger partial charge is 0.377 e. The normalized spacial score (nSPS) is 24.4. The molecule has 0 spiro atoms. The van der Waals surface area contributed by atoms with Crippen molar-refractivity contribution >= 4 is 0 Å². The maximum absolute atomic E-state index is 14.3. The van der Waals surface area contributed by atoms with Gasteiger partial charge in [-0.3, -0.25) is 4.90 Å². The van der Waals surface area contributed by atoms with Crippen molar-refractivity contribution < 1.29 is 9.13 Å². The Hall–Kier alpha value is -1.71. The van der Waals surface area contributed by atoms with E-state index in [0.717, 1.165) is 37.1 Å². The van der Waals surface area contributed by atoms with E-state index >= 15 is 0 Å². The van der Waals surface area contributed by atoms with Crippen LogP contribution in [0.4, 0.5) is 4.39 Å². The van der Waals surface area contributed by atoms with Crippen molar-refractivity contribution in [3.8, 4) is 0 Å². The van der Waals surface area contributed by atoms with Gasteiger partial charge in [0.25, 0.3) is 0 Å². The molecular formula is C23H28FNO. The summed E-state index contributed by atoms with van der Waals surface area (Å²) in [5.41, 5.74) is 3.48. The molecule has 2 atom stereocenters. The van der Waals surface area contributed by atoms with Gasteiger partial charge in [-0.2, -0.15) is 0 Å². The molecule has 2 nitrogen and oxygen atoms in total. The van der Waals surface area contributed by atoms with E-state index in [1.54, 1.807) is 6.07 Å². The van der Waals surface area contributed by atoms with E-state index < -0.39 is 0 Å². The van der Waals surface area contributed by atoms with Gasteiger partial charge in [0.2, 0.25) is 0 Å². The number of ether oxygens (including phenoxy) is 1. The molecule has 0 saturated carbocycles. The quantitative estimate of drug-likeness (QED) is 0.798. The molecule has 138 valence electrons. The molecule has 0 radical (unpaired) electrons. The van der Waals surface area contributed by atoms with Crippen LogP contribution in [0.1, 0.15) is 42.4 Å². The third kappa shape index (κ3) is 3.56. The summed E-state index contributed by atoms with van der Waals surface area (Å²) < 4.78 is 20.4. The predicted octanol–water partition coefficient (Wildman–Crippen LogP) is 4.58. The summed E-state index contributed by atoms with van der Waals surface area (Å²) >= 11 is 0. The van der Waals surface area contributed by atoms with Crippen LogP contribution in [0, 0.1) is 5.82 Å². The lowest BCUT2D eigenvalue weighted by Crippen LogP contribution is -2.52. The zero-order chi connectivity index (χ0) is 17.9. The number of hydrogen-bond acceptors (Lipinski definition) is 2. The van der Waals surface area contributed by atoms with Crippen molar-refractivity contribution in [1.82, 2.24) is 4.90 Å². The summed E-state index contributed by atoms with van der Waals surface area (Å²) in [5.74, 6) is 0.590. The lowest BCUT2D eigenvalue weighted by atomic mass is 9.82. The molecule has 4 rings (SSSR count). The molecular weight excluding hydrogens is 325 g/mol. The van der Waals surface area contributed by atoms with Crippen molar-refractivity contribution in [2.45, 2.75) is 50.7 Å². The number of halogens is 1. The van der Waals surface area contributed by atoms with E-state index in [4.69, 9.17) is 4.74 Å². The first-order valence-electron chi connectivity index (χ1n) is 9.93. The predicted molar refractivity (Wildman–Crippen MR) is 103 cm³/mol. The molecule has 1 aliphatic carbocycles. The molecule has 1 fully saturated rings. The van der Waals surface area contributed by atoms with Gasteiger partial charge in [-0.05, 0) is 68.0 Å². The topological polar surface area (TPSA) is 12.5 Å². The molecule has 0 bridgehead atoms. The fraction of sp³-hybridized carbons (Fsp3) is 0.478. The van der Waals surface area contributed by atoms with Crippen molar-refractivity contribution in [1.29, 1.82) is 0 Å². The van der Waals surface area contributed by atoms with Gasteiger partial charge in [0.1, 0.15) is 5.82 Å². The zero-order valence-corrected chi connectivity index (χ0v) is 15.5. The molecule has 0 aromatic heterocycles. The Morgan fingerprint density at radius 1 is 1.00 bits per heavy atom. The highest BCUT2D eigenvalue weighted by Gasteiger charge is 2.36. The zero-order valence-electron chi connectivity index (χ0n) is 15.5. The van der Waals surface area contributed by atoms with Gasteiger partial charge in [0, 0.05) is 19.1 Å². The fourth-order valence-corrected chi connectivity index (χ4v) is 4.75. The number of hydrogen-bond donors (Lipinski definition) is 0. The molecule has 1 aliphatic heterocycles. The Morgan fingerprint density at radius 3 is 2.50 bits per heavy atom. The minimum Gasteiger partial charge on any atom is -0.377 e. The molecule has 26 heavy (non-hydrogen) atoms. The summed E-state index contributed by atoms with van der Waals surface area (Å²) in [6, 6.07) is 16.6. The van der Waals surface area contributed by atoms with Crippen LogP contribution in [0.2, 0.25) is 0 Å².